The van der Waals surface area contributed by atoms with Gasteiger partial charge in [0.2, 0.25) is 0 Å². The van der Waals surface area contributed by atoms with E-state index in [2.05, 4.69) is 15.3 Å². The number of ether oxygens (including phenoxy) is 1. The minimum atomic E-state index is -0.512. The first-order chi connectivity index (χ1) is 14.1. The van der Waals surface area contributed by atoms with Crippen LogP contribution in [0.4, 0.5) is 9.93 Å². The number of thiazole rings is 1. The van der Waals surface area contributed by atoms with E-state index < -0.39 is 6.09 Å². The molecule has 1 aliphatic rings. The number of imidazole rings is 1. The number of rotatable bonds is 5. The number of anilines is 1. The molecule has 0 unspecified atom stereocenters. The van der Waals surface area contributed by atoms with Gasteiger partial charge in [-0.15, -0.1) is 0 Å². The third-order valence-electron chi connectivity index (χ3n) is 4.63. The third kappa shape index (κ3) is 4.45. The molecule has 0 atom stereocenters. The summed E-state index contributed by atoms with van der Waals surface area (Å²) < 4.78 is 6.87. The number of hydrogen-bond donors (Lipinski definition) is 1. The van der Waals surface area contributed by atoms with Crippen molar-refractivity contribution in [1.29, 1.82) is 0 Å². The van der Waals surface area contributed by atoms with Gasteiger partial charge < -0.3 is 14.2 Å². The Balaban J connectivity index is 1.40. The Morgan fingerprint density at radius 2 is 2.10 bits per heavy atom. The van der Waals surface area contributed by atoms with Gasteiger partial charge in [0.05, 0.1) is 25.2 Å². The molecule has 0 fully saturated rings. The van der Waals surface area contributed by atoms with Gasteiger partial charge >= 0.3 is 6.09 Å². The molecule has 3 aromatic rings. The molecule has 2 aromatic heterocycles. The molecular formula is C20H21N5O3S. The minimum absolute atomic E-state index is 0.00173. The molecule has 0 radical (unpaired) electrons. The standard InChI is InChI=1S/C20H21N5O3S/c1-2-28-20(27)23-19-22-16-7-9-25(12-17(16)29-19)18(26)15-5-3-14(4-6-15)11-24-10-8-21-13-24/h3-6,8,10,13H,2,7,9,11-12H2,1H3,(H,22,23,27). The maximum atomic E-state index is 12.9. The quantitative estimate of drug-likeness (QED) is 0.697. The molecule has 0 aliphatic carbocycles. The summed E-state index contributed by atoms with van der Waals surface area (Å²) in [5.74, 6) is -0.00173. The lowest BCUT2D eigenvalue weighted by Crippen LogP contribution is -2.35. The number of amides is 2. The topological polar surface area (TPSA) is 89.4 Å². The van der Waals surface area contributed by atoms with Crippen LogP contribution in [0, 0.1) is 0 Å². The zero-order valence-corrected chi connectivity index (χ0v) is 16.8. The average Bonchev–Trinajstić information content (AvgIpc) is 3.36. The zero-order chi connectivity index (χ0) is 20.2. The second kappa shape index (κ2) is 8.44. The van der Waals surface area contributed by atoms with E-state index in [-0.39, 0.29) is 5.91 Å². The minimum Gasteiger partial charge on any atom is -0.450 e. The summed E-state index contributed by atoms with van der Waals surface area (Å²) in [6.45, 7) is 3.87. The highest BCUT2D eigenvalue weighted by atomic mass is 32.1. The van der Waals surface area contributed by atoms with Crippen molar-refractivity contribution in [3.8, 4) is 0 Å². The van der Waals surface area contributed by atoms with Crippen LogP contribution in [0.2, 0.25) is 0 Å². The molecular weight excluding hydrogens is 390 g/mol. The lowest BCUT2D eigenvalue weighted by molar-refractivity contribution is 0.0736. The van der Waals surface area contributed by atoms with E-state index in [1.54, 1.807) is 19.4 Å². The van der Waals surface area contributed by atoms with Gasteiger partial charge in [-0.1, -0.05) is 23.5 Å². The van der Waals surface area contributed by atoms with Gasteiger partial charge in [-0.05, 0) is 24.6 Å². The van der Waals surface area contributed by atoms with E-state index in [1.807, 2.05) is 39.9 Å². The van der Waals surface area contributed by atoms with Crippen molar-refractivity contribution in [2.45, 2.75) is 26.4 Å². The molecule has 150 valence electrons. The Labute approximate surface area is 172 Å². The third-order valence-corrected chi connectivity index (χ3v) is 5.63. The lowest BCUT2D eigenvalue weighted by Gasteiger charge is -2.26. The van der Waals surface area contributed by atoms with Crippen molar-refractivity contribution in [3.63, 3.8) is 0 Å². The number of fused-ring (bicyclic) bond motifs is 1. The lowest BCUT2D eigenvalue weighted by atomic mass is 10.1. The summed E-state index contributed by atoms with van der Waals surface area (Å²) in [5.41, 5.74) is 2.70. The van der Waals surface area contributed by atoms with Crippen LogP contribution in [0.25, 0.3) is 0 Å². The van der Waals surface area contributed by atoms with Crippen LogP contribution in [-0.4, -0.2) is 44.6 Å². The fourth-order valence-electron chi connectivity index (χ4n) is 3.20. The molecule has 1 aromatic carbocycles. The number of nitrogens with one attached hydrogen (secondary N) is 1. The van der Waals surface area contributed by atoms with Crippen LogP contribution in [0.15, 0.2) is 43.0 Å². The van der Waals surface area contributed by atoms with Crippen LogP contribution >= 0.6 is 11.3 Å². The van der Waals surface area contributed by atoms with Crippen molar-refractivity contribution < 1.29 is 14.3 Å². The molecule has 0 saturated heterocycles. The Morgan fingerprint density at radius 1 is 1.28 bits per heavy atom. The summed E-state index contributed by atoms with van der Waals surface area (Å²) in [4.78, 5) is 35.8. The summed E-state index contributed by atoms with van der Waals surface area (Å²) >= 11 is 1.38. The second-order valence-electron chi connectivity index (χ2n) is 6.64. The maximum absolute atomic E-state index is 12.9. The highest BCUT2D eigenvalue weighted by Crippen LogP contribution is 2.29. The van der Waals surface area contributed by atoms with Gasteiger partial charge in [0.15, 0.2) is 5.13 Å². The molecule has 1 aliphatic heterocycles. The van der Waals surface area contributed by atoms with E-state index >= 15 is 0 Å². The normalized spacial score (nSPS) is 13.1. The van der Waals surface area contributed by atoms with Crippen molar-refractivity contribution in [1.82, 2.24) is 19.4 Å². The largest absolute Gasteiger partial charge is 0.450 e. The molecule has 4 rings (SSSR count). The Bertz CT molecular complexity index is 998. The van der Waals surface area contributed by atoms with Crippen LogP contribution < -0.4 is 5.32 Å². The first-order valence-corrected chi connectivity index (χ1v) is 10.2. The summed E-state index contributed by atoms with van der Waals surface area (Å²) in [6, 6.07) is 7.67. The van der Waals surface area contributed by atoms with E-state index in [9.17, 15) is 9.59 Å². The molecule has 2 amide bonds. The Morgan fingerprint density at radius 3 is 2.83 bits per heavy atom. The number of benzene rings is 1. The van der Waals surface area contributed by atoms with Crippen LogP contribution in [0.1, 0.15) is 33.4 Å². The first-order valence-electron chi connectivity index (χ1n) is 9.38. The highest BCUT2D eigenvalue weighted by molar-refractivity contribution is 7.15. The monoisotopic (exact) mass is 411 g/mol. The fourth-order valence-corrected chi connectivity index (χ4v) is 4.21. The van der Waals surface area contributed by atoms with E-state index in [4.69, 9.17) is 4.74 Å². The Kier molecular flexibility index (Phi) is 5.57. The van der Waals surface area contributed by atoms with E-state index in [0.717, 1.165) is 22.7 Å². The summed E-state index contributed by atoms with van der Waals surface area (Å²) in [6.07, 6.45) is 5.58. The predicted molar refractivity (Wildman–Crippen MR) is 109 cm³/mol. The second-order valence-corrected chi connectivity index (χ2v) is 7.73. The van der Waals surface area contributed by atoms with Crippen molar-refractivity contribution in [3.05, 3.63) is 64.7 Å². The average molecular weight is 411 g/mol. The molecule has 0 spiro atoms. The van der Waals surface area contributed by atoms with Crippen LogP contribution in [0.3, 0.4) is 0 Å². The number of nitrogens with zero attached hydrogens (tertiary/aromatic N) is 4. The smallest absolute Gasteiger partial charge is 0.413 e. The van der Waals surface area contributed by atoms with Crippen LogP contribution in [-0.2, 0) is 24.2 Å². The molecule has 9 heteroatoms. The van der Waals surface area contributed by atoms with E-state index in [0.29, 0.717) is 36.8 Å². The van der Waals surface area contributed by atoms with Crippen molar-refractivity contribution in [2.75, 3.05) is 18.5 Å². The summed E-state index contributed by atoms with van der Waals surface area (Å²) in [5, 5.41) is 3.14. The summed E-state index contributed by atoms with van der Waals surface area (Å²) in [7, 11) is 0. The fraction of sp³-hybridized carbons (Fsp3) is 0.300. The molecule has 3 heterocycles. The van der Waals surface area contributed by atoms with Gasteiger partial charge in [0.25, 0.3) is 5.91 Å². The van der Waals surface area contributed by atoms with E-state index in [1.165, 1.54) is 11.3 Å². The number of carbonyl (C=O) groups is 2. The molecule has 29 heavy (non-hydrogen) atoms. The van der Waals surface area contributed by atoms with Gasteiger partial charge in [0, 0.05) is 42.3 Å². The number of aromatic nitrogens is 3. The van der Waals surface area contributed by atoms with Crippen LogP contribution in [0.5, 0.6) is 0 Å². The SMILES string of the molecule is CCOC(=O)Nc1nc2c(s1)CN(C(=O)c1ccc(Cn3ccnc3)cc1)CC2. The van der Waals surface area contributed by atoms with Crippen molar-refractivity contribution in [2.24, 2.45) is 0 Å². The van der Waals surface area contributed by atoms with Gasteiger partial charge in [-0.25, -0.2) is 14.8 Å². The molecule has 1 N–H and O–H groups in total. The maximum Gasteiger partial charge on any atom is 0.413 e. The Hall–Kier alpha value is -3.20. The molecule has 0 bridgehead atoms. The zero-order valence-electron chi connectivity index (χ0n) is 16.0. The molecule has 8 nitrogen and oxygen atoms in total. The number of hydrogen-bond acceptors (Lipinski definition) is 6. The van der Waals surface area contributed by atoms with Gasteiger partial charge in [-0.3, -0.25) is 10.1 Å². The van der Waals surface area contributed by atoms with Crippen molar-refractivity contribution >= 4 is 28.5 Å². The predicted octanol–water partition coefficient (Wildman–Crippen LogP) is 3.15. The number of carbonyl (C=O) groups excluding carboxylic acids is 2. The molecule has 0 saturated carbocycles. The highest BCUT2D eigenvalue weighted by Gasteiger charge is 2.25. The first kappa shape index (κ1) is 19.1. The van der Waals surface area contributed by atoms with Gasteiger partial charge in [0.1, 0.15) is 0 Å². The van der Waals surface area contributed by atoms with Gasteiger partial charge in [-0.2, -0.15) is 0 Å².